The number of likely N-dealkylation sites (N-methyl/N-ethyl adjacent to an activating group) is 1. The molecule has 0 heterocycles. The smallest absolute Gasteiger partial charge is 0.361 e. The molecule has 0 aromatic carbocycles. The first-order valence-electron chi connectivity index (χ1n) is 41.7. The number of esters is 2. The van der Waals surface area contributed by atoms with E-state index in [-0.39, 0.29) is 38.2 Å². The average Bonchev–Trinajstić information content (AvgIpc) is 2.62. The van der Waals surface area contributed by atoms with Crippen LogP contribution in [0.25, 0.3) is 0 Å². The molecule has 570 valence electrons. The molecule has 0 aliphatic heterocycles. The van der Waals surface area contributed by atoms with Crippen molar-refractivity contribution in [3.8, 4) is 0 Å². The second kappa shape index (κ2) is 79.4. The molecule has 2 atom stereocenters. The molecule has 0 saturated carbocycles. The number of carboxylic acid groups (broad SMARTS) is 1. The minimum atomic E-state index is -1.51. The highest BCUT2D eigenvalue weighted by atomic mass is 16.7. The summed E-state index contributed by atoms with van der Waals surface area (Å²) in [4.78, 5) is 37.8. The number of ether oxygens (including phenoxy) is 4. The number of carbonyl (C=O) groups excluding carboxylic acids is 2. The lowest BCUT2D eigenvalue weighted by Crippen LogP contribution is -2.40. The quantitative estimate of drug-likeness (QED) is 0.0211. The minimum absolute atomic E-state index is 0.182. The lowest BCUT2D eigenvalue weighted by molar-refractivity contribution is -0.870. The summed E-state index contributed by atoms with van der Waals surface area (Å²) in [5.41, 5.74) is 0. The SMILES string of the molecule is CC/C=C\C/C=C\C/C=C\C/C=C\C/C=C\C/C=C\C/C=C\CCCCCCCCCCCCCCCCCCCCCC(=O)OC(COC(=O)CCCCCCCCCCCCCCCCCCCC/C=C\C/C=C\C/C=C\CCCCCCC)COC(OCC[N+](C)(C)C)C(=O)O. The van der Waals surface area contributed by atoms with E-state index in [0.29, 0.717) is 17.4 Å². The number of rotatable bonds is 77. The van der Waals surface area contributed by atoms with Crippen LogP contribution in [0.2, 0.25) is 0 Å². The van der Waals surface area contributed by atoms with Crippen LogP contribution in [-0.4, -0.2) is 87.4 Å². The van der Waals surface area contributed by atoms with Crippen LogP contribution in [0.4, 0.5) is 0 Å². The molecule has 0 aliphatic rings. The maximum absolute atomic E-state index is 13.0. The van der Waals surface area contributed by atoms with Gasteiger partial charge in [0.15, 0.2) is 6.10 Å². The molecule has 0 radical (unpaired) electrons. The number of hydrogen-bond acceptors (Lipinski definition) is 7. The summed E-state index contributed by atoms with van der Waals surface area (Å²) >= 11 is 0. The predicted molar refractivity (Wildman–Crippen MR) is 428 cm³/mol. The normalized spacial score (nSPS) is 13.3. The van der Waals surface area contributed by atoms with Crippen LogP contribution >= 0.6 is 0 Å². The van der Waals surface area contributed by atoms with Crippen LogP contribution in [0, 0.1) is 0 Å². The van der Waals surface area contributed by atoms with E-state index in [1.165, 1.54) is 250 Å². The Balaban J connectivity index is 3.99. The molecule has 99 heavy (non-hydrogen) atoms. The topological polar surface area (TPSA) is 108 Å². The van der Waals surface area contributed by atoms with Gasteiger partial charge in [-0.1, -0.05) is 373 Å². The van der Waals surface area contributed by atoms with Crippen molar-refractivity contribution in [3.05, 3.63) is 122 Å². The molecule has 0 amide bonds. The van der Waals surface area contributed by atoms with Gasteiger partial charge < -0.3 is 28.5 Å². The molecular weight excluding hydrogens is 1220 g/mol. The molecule has 0 aliphatic carbocycles. The van der Waals surface area contributed by atoms with Crippen molar-refractivity contribution in [2.45, 2.75) is 386 Å². The van der Waals surface area contributed by atoms with Gasteiger partial charge >= 0.3 is 17.9 Å². The van der Waals surface area contributed by atoms with Gasteiger partial charge in [-0.2, -0.15) is 0 Å². The molecule has 0 saturated heterocycles. The third kappa shape index (κ3) is 80.9. The van der Waals surface area contributed by atoms with Gasteiger partial charge in [0.2, 0.25) is 0 Å². The van der Waals surface area contributed by atoms with Crippen molar-refractivity contribution in [2.24, 2.45) is 0 Å². The number of carboxylic acids is 1. The first-order valence-corrected chi connectivity index (χ1v) is 41.7. The Morgan fingerprint density at radius 3 is 0.859 bits per heavy atom. The summed E-state index contributed by atoms with van der Waals surface area (Å²) in [6, 6.07) is 0. The van der Waals surface area contributed by atoms with Crippen LogP contribution in [0.5, 0.6) is 0 Å². The van der Waals surface area contributed by atoms with Gasteiger partial charge in [-0.3, -0.25) is 9.59 Å². The van der Waals surface area contributed by atoms with Crippen LogP contribution in [0.1, 0.15) is 373 Å². The van der Waals surface area contributed by atoms with Crippen LogP contribution in [-0.2, 0) is 33.3 Å². The summed E-state index contributed by atoms with van der Waals surface area (Å²) in [6.45, 7) is 4.79. The van der Waals surface area contributed by atoms with Crippen molar-refractivity contribution in [3.63, 3.8) is 0 Å². The summed E-state index contributed by atoms with van der Waals surface area (Å²) in [5, 5.41) is 9.78. The highest BCUT2D eigenvalue weighted by Crippen LogP contribution is 2.19. The number of carbonyl (C=O) groups is 3. The number of nitrogens with zero attached hydrogens (tertiary/aromatic N) is 1. The van der Waals surface area contributed by atoms with E-state index in [0.717, 1.165) is 96.3 Å². The highest BCUT2D eigenvalue weighted by Gasteiger charge is 2.25. The number of allylic oxidation sites excluding steroid dienone is 20. The van der Waals surface area contributed by atoms with Gasteiger partial charge in [-0.15, -0.1) is 0 Å². The molecule has 9 nitrogen and oxygen atoms in total. The van der Waals surface area contributed by atoms with Crippen LogP contribution in [0.3, 0.4) is 0 Å². The Morgan fingerprint density at radius 1 is 0.313 bits per heavy atom. The van der Waals surface area contributed by atoms with Gasteiger partial charge in [0.05, 0.1) is 34.4 Å². The number of aliphatic carboxylic acids is 1. The fourth-order valence-corrected chi connectivity index (χ4v) is 11.9. The summed E-state index contributed by atoms with van der Waals surface area (Å²) < 4.78 is 23.1. The molecule has 0 aromatic heterocycles. The van der Waals surface area contributed by atoms with Crippen LogP contribution in [0.15, 0.2) is 122 Å². The molecule has 1 N–H and O–H groups in total. The fraction of sp³-hybridized carbons (Fsp3) is 0.744. The van der Waals surface area contributed by atoms with E-state index in [4.69, 9.17) is 18.9 Å². The van der Waals surface area contributed by atoms with Crippen LogP contribution < -0.4 is 0 Å². The van der Waals surface area contributed by atoms with E-state index >= 15 is 0 Å². The van der Waals surface area contributed by atoms with Gasteiger partial charge in [0.25, 0.3) is 6.29 Å². The average molecular weight is 1380 g/mol. The Labute approximate surface area is 612 Å². The standard InChI is InChI=1S/C90H157NO8/c1-6-8-10-12-14-16-18-20-22-24-26-28-30-32-34-36-38-40-41-42-43-44-45-46-47-49-51-53-55-57-59-61-63-65-67-69-71-73-75-77-79-81-88(93)99-86(85-98-90(89(94)95)96-83-82-91(3,4)5)84-97-87(92)80-78-76-74-72-70-68-66-64-62-60-58-56-54-52-50-48-39-37-35-33-31-29-27-25-23-21-19-17-15-13-11-9-7-2/h8,10,14,16,19-22,25-28,31-34,38,40,42-43,86,90H,6-7,9,11-13,15,17-18,23-24,29-30,35-37,39,41,44-85H2,1-5H3/p+1/b10-8-,16-14-,21-19-,22-20-,27-25-,28-26-,33-31-,34-32-,40-38-,43-42-. The van der Waals surface area contributed by atoms with Gasteiger partial charge in [0.1, 0.15) is 13.2 Å². The number of hydrogen-bond donors (Lipinski definition) is 1. The zero-order valence-electron chi connectivity index (χ0n) is 65.4. The van der Waals surface area contributed by atoms with Crippen molar-refractivity contribution in [2.75, 3.05) is 47.5 Å². The molecular formula is C90H158NO8+. The van der Waals surface area contributed by atoms with E-state index in [1.807, 2.05) is 21.1 Å². The van der Waals surface area contributed by atoms with Gasteiger partial charge in [-0.25, -0.2) is 4.79 Å². The molecule has 0 bridgehead atoms. The maximum Gasteiger partial charge on any atom is 0.361 e. The van der Waals surface area contributed by atoms with Crippen molar-refractivity contribution in [1.82, 2.24) is 0 Å². The first kappa shape index (κ1) is 94.7. The van der Waals surface area contributed by atoms with E-state index < -0.39 is 18.4 Å². The minimum Gasteiger partial charge on any atom is -0.477 e. The molecule has 2 unspecified atom stereocenters. The van der Waals surface area contributed by atoms with E-state index in [2.05, 4.69) is 135 Å². The van der Waals surface area contributed by atoms with Gasteiger partial charge in [-0.05, 0) is 109 Å². The fourth-order valence-electron chi connectivity index (χ4n) is 11.9. The van der Waals surface area contributed by atoms with Crippen molar-refractivity contribution in [1.29, 1.82) is 0 Å². The van der Waals surface area contributed by atoms with Crippen molar-refractivity contribution >= 4 is 17.9 Å². The first-order chi connectivity index (χ1) is 48.6. The van der Waals surface area contributed by atoms with E-state index in [9.17, 15) is 19.5 Å². The molecule has 0 fully saturated rings. The summed E-state index contributed by atoms with van der Waals surface area (Å²) in [5.74, 6) is -1.99. The second-order valence-electron chi connectivity index (χ2n) is 29.1. The largest absolute Gasteiger partial charge is 0.477 e. The number of unbranched alkanes of at least 4 members (excludes halogenated alkanes) is 42. The molecule has 0 rings (SSSR count). The number of quaternary nitrogens is 1. The molecule has 9 heteroatoms. The Kier molecular flexibility index (Phi) is 75.9. The third-order valence-electron chi connectivity index (χ3n) is 18.2. The van der Waals surface area contributed by atoms with Crippen molar-refractivity contribution < 1.29 is 42.9 Å². The predicted octanol–water partition coefficient (Wildman–Crippen LogP) is 27.0. The summed E-state index contributed by atoms with van der Waals surface area (Å²) in [7, 11) is 5.99. The Bertz CT molecular complexity index is 2050. The maximum atomic E-state index is 13.0. The Hall–Kier alpha value is -4.31. The zero-order valence-corrected chi connectivity index (χ0v) is 65.4. The lowest BCUT2D eigenvalue weighted by Gasteiger charge is -2.25. The van der Waals surface area contributed by atoms with E-state index in [1.54, 1.807) is 0 Å². The summed E-state index contributed by atoms with van der Waals surface area (Å²) in [6.07, 6.45) is 111. The zero-order chi connectivity index (χ0) is 71.8. The highest BCUT2D eigenvalue weighted by molar-refractivity contribution is 5.71. The molecule has 0 spiro atoms. The molecule has 0 aromatic rings. The monoisotopic (exact) mass is 1380 g/mol. The van der Waals surface area contributed by atoms with Gasteiger partial charge in [0, 0.05) is 12.8 Å². The third-order valence-corrected chi connectivity index (χ3v) is 18.2. The second-order valence-corrected chi connectivity index (χ2v) is 29.1. The lowest BCUT2D eigenvalue weighted by atomic mass is 10.0. The Morgan fingerprint density at radius 2 is 0.576 bits per heavy atom.